The first kappa shape index (κ1) is 21.1. The molecule has 2 rings (SSSR count). The Morgan fingerprint density at radius 2 is 1.52 bits per heavy atom. The second kappa shape index (κ2) is 7.79. The van der Waals surface area contributed by atoms with E-state index in [2.05, 4.69) is 10.0 Å². The summed E-state index contributed by atoms with van der Waals surface area (Å²) in [5, 5.41) is 2.91. The number of halogens is 2. The molecule has 0 heterocycles. The van der Waals surface area contributed by atoms with Crippen molar-refractivity contribution in [3.05, 3.63) is 48.0 Å². The number of nitrogens with one attached hydrogen (secondary N) is 2. The van der Waals surface area contributed by atoms with Gasteiger partial charge in [-0.25, -0.2) is 29.9 Å². The Morgan fingerprint density at radius 1 is 0.889 bits per heavy atom. The highest BCUT2D eigenvalue weighted by Crippen LogP contribution is 2.29. The third-order valence-corrected chi connectivity index (χ3v) is 6.76. The molecule has 0 aliphatic rings. The monoisotopic (exact) mass is 419 g/mol. The second-order valence-electron chi connectivity index (χ2n) is 5.71. The average Bonchev–Trinajstić information content (AvgIpc) is 2.58. The van der Waals surface area contributed by atoms with Gasteiger partial charge in [-0.3, -0.25) is 4.72 Å². The minimum atomic E-state index is -4.28. The Hall–Kier alpha value is -2.24. The van der Waals surface area contributed by atoms with E-state index in [4.69, 9.17) is 0 Å². The molecule has 0 spiro atoms. The lowest BCUT2D eigenvalue weighted by Crippen LogP contribution is -2.22. The molecule has 0 fully saturated rings. The molecule has 0 radical (unpaired) electrons. The van der Waals surface area contributed by atoms with E-state index < -0.39 is 36.6 Å². The van der Waals surface area contributed by atoms with Crippen molar-refractivity contribution in [2.75, 3.05) is 30.7 Å². The fraction of sp³-hybridized carbons (Fsp3) is 0.250. The van der Waals surface area contributed by atoms with Crippen LogP contribution in [0.25, 0.3) is 0 Å². The van der Waals surface area contributed by atoms with Crippen molar-refractivity contribution in [2.45, 2.75) is 16.7 Å². The highest BCUT2D eigenvalue weighted by molar-refractivity contribution is 7.92. The van der Waals surface area contributed by atoms with E-state index >= 15 is 0 Å². The van der Waals surface area contributed by atoms with Crippen LogP contribution in [-0.4, -0.2) is 41.8 Å². The first-order valence-corrected chi connectivity index (χ1v) is 10.7. The highest BCUT2D eigenvalue weighted by Gasteiger charge is 2.22. The van der Waals surface area contributed by atoms with E-state index in [1.165, 1.54) is 26.2 Å². The molecule has 0 bridgehead atoms. The molecule has 0 aromatic heterocycles. The predicted octanol–water partition coefficient (Wildman–Crippen LogP) is 2.45. The van der Waals surface area contributed by atoms with Gasteiger partial charge in [-0.1, -0.05) is 0 Å². The molecule has 27 heavy (non-hydrogen) atoms. The fourth-order valence-electron chi connectivity index (χ4n) is 2.17. The van der Waals surface area contributed by atoms with Crippen LogP contribution in [0.1, 0.15) is 6.92 Å². The molecule has 0 atom stereocenters. The molecule has 148 valence electrons. The summed E-state index contributed by atoms with van der Waals surface area (Å²) in [5.74, 6) is -2.49. The summed E-state index contributed by atoms with van der Waals surface area (Å²) >= 11 is 0. The second-order valence-corrected chi connectivity index (χ2v) is 9.54. The molecule has 2 aromatic carbocycles. The summed E-state index contributed by atoms with van der Waals surface area (Å²) in [6.45, 7) is 2.22. The van der Waals surface area contributed by atoms with Crippen molar-refractivity contribution in [3.63, 3.8) is 0 Å². The Kier molecular flexibility index (Phi) is 6.07. The van der Waals surface area contributed by atoms with Gasteiger partial charge in [-0.05, 0) is 43.3 Å². The fourth-order valence-corrected chi connectivity index (χ4v) is 4.18. The van der Waals surface area contributed by atoms with E-state index in [-0.39, 0.29) is 10.6 Å². The molecule has 0 saturated carbocycles. The maximum absolute atomic E-state index is 13.4. The van der Waals surface area contributed by atoms with Crippen molar-refractivity contribution in [1.82, 2.24) is 4.31 Å². The van der Waals surface area contributed by atoms with Crippen LogP contribution in [0.5, 0.6) is 0 Å². The van der Waals surface area contributed by atoms with Gasteiger partial charge in [0.15, 0.2) is 11.6 Å². The number of hydrogen-bond acceptors (Lipinski definition) is 5. The van der Waals surface area contributed by atoms with Crippen molar-refractivity contribution in [2.24, 2.45) is 0 Å². The third kappa shape index (κ3) is 4.54. The number of sulfonamides is 2. The van der Waals surface area contributed by atoms with E-state index in [1.54, 1.807) is 6.92 Å². The summed E-state index contributed by atoms with van der Waals surface area (Å²) in [6, 6.07) is 6.07. The van der Waals surface area contributed by atoms with Gasteiger partial charge in [0.1, 0.15) is 0 Å². The van der Waals surface area contributed by atoms with Gasteiger partial charge in [0.25, 0.3) is 10.0 Å². The molecule has 0 aliphatic carbocycles. The van der Waals surface area contributed by atoms with Crippen LogP contribution in [-0.2, 0) is 20.0 Å². The predicted molar refractivity (Wildman–Crippen MR) is 98.6 cm³/mol. The van der Waals surface area contributed by atoms with Crippen LogP contribution >= 0.6 is 0 Å². The zero-order valence-corrected chi connectivity index (χ0v) is 16.5. The topological polar surface area (TPSA) is 95.6 Å². The van der Waals surface area contributed by atoms with Gasteiger partial charge in [0.2, 0.25) is 10.0 Å². The van der Waals surface area contributed by atoms with Gasteiger partial charge in [-0.2, -0.15) is 0 Å². The molecule has 2 N–H and O–H groups in total. The van der Waals surface area contributed by atoms with Gasteiger partial charge >= 0.3 is 0 Å². The number of hydrogen-bond donors (Lipinski definition) is 2. The molecular weight excluding hydrogens is 400 g/mol. The summed E-state index contributed by atoms with van der Waals surface area (Å²) < 4.78 is 79.3. The smallest absolute Gasteiger partial charge is 0.262 e. The Bertz CT molecular complexity index is 1060. The van der Waals surface area contributed by atoms with Crippen molar-refractivity contribution >= 4 is 31.4 Å². The van der Waals surface area contributed by atoms with Crippen LogP contribution < -0.4 is 10.0 Å². The minimum Gasteiger partial charge on any atom is -0.384 e. The van der Waals surface area contributed by atoms with Crippen molar-refractivity contribution in [1.29, 1.82) is 0 Å². The van der Waals surface area contributed by atoms with Crippen molar-refractivity contribution in [3.8, 4) is 0 Å². The van der Waals surface area contributed by atoms with Gasteiger partial charge in [0, 0.05) is 20.6 Å². The highest BCUT2D eigenvalue weighted by atomic mass is 32.2. The van der Waals surface area contributed by atoms with Crippen LogP contribution in [0.3, 0.4) is 0 Å². The Balaban J connectivity index is 2.53. The molecule has 0 amide bonds. The lowest BCUT2D eigenvalue weighted by Gasteiger charge is -2.17. The summed E-state index contributed by atoms with van der Waals surface area (Å²) in [5.41, 5.74) is 0.297. The van der Waals surface area contributed by atoms with E-state index in [1.807, 2.05) is 0 Å². The number of rotatable bonds is 7. The van der Waals surface area contributed by atoms with E-state index in [0.717, 1.165) is 16.4 Å². The third-order valence-electron chi connectivity index (χ3n) is 3.58. The van der Waals surface area contributed by atoms with E-state index in [0.29, 0.717) is 24.4 Å². The van der Waals surface area contributed by atoms with Crippen LogP contribution in [0, 0.1) is 11.6 Å². The quantitative estimate of drug-likeness (QED) is 0.719. The maximum Gasteiger partial charge on any atom is 0.262 e. The number of nitrogens with zero attached hydrogens (tertiary/aromatic N) is 1. The standard InChI is InChI=1S/C16H19F2N3O4S2/c1-4-19-15-8-6-12(27(24,25)21(2)3)10-16(15)20-26(22,23)11-5-7-13(17)14(18)9-11/h5-10,19-20H,4H2,1-3H3. The van der Waals surface area contributed by atoms with Gasteiger partial charge in [-0.15, -0.1) is 0 Å². The average molecular weight is 419 g/mol. The maximum atomic E-state index is 13.4. The molecule has 2 aromatic rings. The van der Waals surface area contributed by atoms with Crippen LogP contribution in [0.15, 0.2) is 46.2 Å². The summed E-state index contributed by atoms with van der Waals surface area (Å²) in [4.78, 5) is -0.623. The molecule has 11 heteroatoms. The Morgan fingerprint density at radius 3 is 2.07 bits per heavy atom. The van der Waals surface area contributed by atoms with Gasteiger partial charge in [0.05, 0.1) is 21.2 Å². The lowest BCUT2D eigenvalue weighted by atomic mass is 10.2. The lowest BCUT2D eigenvalue weighted by molar-refractivity contribution is 0.504. The molecule has 0 saturated heterocycles. The zero-order chi connectivity index (χ0) is 20.4. The SMILES string of the molecule is CCNc1ccc(S(=O)(=O)N(C)C)cc1NS(=O)(=O)c1ccc(F)c(F)c1. The van der Waals surface area contributed by atoms with E-state index in [9.17, 15) is 25.6 Å². The van der Waals surface area contributed by atoms with Crippen LogP contribution in [0.2, 0.25) is 0 Å². The molecule has 7 nitrogen and oxygen atoms in total. The molecular formula is C16H19F2N3O4S2. The normalized spacial score (nSPS) is 12.2. The van der Waals surface area contributed by atoms with Crippen molar-refractivity contribution < 1.29 is 25.6 Å². The zero-order valence-electron chi connectivity index (χ0n) is 14.8. The largest absolute Gasteiger partial charge is 0.384 e. The number of benzene rings is 2. The minimum absolute atomic E-state index is 0.0375. The number of anilines is 2. The molecule has 0 unspecified atom stereocenters. The van der Waals surface area contributed by atoms with Crippen LogP contribution in [0.4, 0.5) is 20.2 Å². The Labute approximate surface area is 157 Å². The molecule has 0 aliphatic heterocycles. The van der Waals surface area contributed by atoms with Gasteiger partial charge < -0.3 is 5.32 Å². The summed E-state index contributed by atoms with van der Waals surface area (Å²) in [6.07, 6.45) is 0. The summed E-state index contributed by atoms with van der Waals surface area (Å²) in [7, 11) is -5.39. The first-order chi connectivity index (χ1) is 12.5. The first-order valence-electron chi connectivity index (χ1n) is 7.77.